The molecular formula is C10H12FN3O5S. The Kier molecular flexibility index (Phi) is 4.73. The van der Waals surface area contributed by atoms with E-state index in [2.05, 4.69) is 5.32 Å². The predicted octanol–water partition coefficient (Wildman–Crippen LogP) is 0.100. The van der Waals surface area contributed by atoms with Crippen molar-refractivity contribution in [2.45, 2.75) is 4.90 Å². The molecular weight excluding hydrogens is 293 g/mol. The molecule has 10 heteroatoms. The Balaban J connectivity index is 3.13. The van der Waals surface area contributed by atoms with Gasteiger partial charge in [0.2, 0.25) is 21.7 Å². The van der Waals surface area contributed by atoms with Gasteiger partial charge in [-0.2, -0.15) is 8.70 Å². The van der Waals surface area contributed by atoms with Gasteiger partial charge in [-0.3, -0.25) is 14.9 Å². The molecule has 1 amide bonds. The number of benzene rings is 1. The molecule has 0 radical (unpaired) electrons. The molecule has 0 saturated heterocycles. The first-order valence-electron chi connectivity index (χ1n) is 5.31. The minimum absolute atomic E-state index is 0.447. The number of likely N-dealkylation sites (N-methyl/N-ethyl adjacent to an activating group) is 2. The summed E-state index contributed by atoms with van der Waals surface area (Å²) in [7, 11) is -1.61. The summed E-state index contributed by atoms with van der Waals surface area (Å²) < 4.78 is 38.2. The monoisotopic (exact) mass is 305 g/mol. The van der Waals surface area contributed by atoms with Gasteiger partial charge in [-0.05, 0) is 6.07 Å². The third-order valence-electron chi connectivity index (χ3n) is 2.47. The Morgan fingerprint density at radius 2 is 2.10 bits per heavy atom. The first-order valence-corrected chi connectivity index (χ1v) is 6.75. The van der Waals surface area contributed by atoms with Crippen LogP contribution in [-0.2, 0) is 14.8 Å². The van der Waals surface area contributed by atoms with Gasteiger partial charge in [0.25, 0.3) is 0 Å². The lowest BCUT2D eigenvalue weighted by Gasteiger charge is -2.16. The van der Waals surface area contributed by atoms with Crippen molar-refractivity contribution in [1.82, 2.24) is 9.62 Å². The molecule has 0 unspecified atom stereocenters. The molecule has 0 aromatic heterocycles. The Bertz CT molecular complexity index is 646. The van der Waals surface area contributed by atoms with Gasteiger partial charge in [-0.25, -0.2) is 8.42 Å². The molecule has 1 aromatic rings. The molecule has 1 N–H and O–H groups in total. The van der Waals surface area contributed by atoms with Crippen molar-refractivity contribution in [3.05, 3.63) is 34.1 Å². The number of nitro benzene ring substituents is 1. The Labute approximate surface area is 114 Å². The highest BCUT2D eigenvalue weighted by molar-refractivity contribution is 7.89. The number of halogens is 1. The van der Waals surface area contributed by atoms with E-state index in [0.717, 1.165) is 19.2 Å². The summed E-state index contributed by atoms with van der Waals surface area (Å²) in [6.45, 7) is -0.447. The summed E-state index contributed by atoms with van der Waals surface area (Å²) in [5.74, 6) is -1.80. The normalized spacial score (nSPS) is 11.4. The van der Waals surface area contributed by atoms with Crippen molar-refractivity contribution in [3.63, 3.8) is 0 Å². The number of rotatable bonds is 5. The van der Waals surface area contributed by atoms with E-state index in [-0.39, 0.29) is 0 Å². The SMILES string of the molecule is CNC(=O)CN(C)S(=O)(=O)c1ccc([N+](=O)[O-])c(F)c1. The number of amides is 1. The molecule has 0 spiro atoms. The lowest BCUT2D eigenvalue weighted by molar-refractivity contribution is -0.387. The zero-order valence-electron chi connectivity index (χ0n) is 10.7. The van der Waals surface area contributed by atoms with Crippen molar-refractivity contribution in [1.29, 1.82) is 0 Å². The topological polar surface area (TPSA) is 110 Å². The fraction of sp³-hybridized carbons (Fsp3) is 0.300. The van der Waals surface area contributed by atoms with Crippen LogP contribution in [0.1, 0.15) is 0 Å². The van der Waals surface area contributed by atoms with Crippen LogP contribution in [0.5, 0.6) is 0 Å². The molecule has 0 aliphatic carbocycles. The van der Waals surface area contributed by atoms with E-state index in [0.29, 0.717) is 10.4 Å². The summed E-state index contributed by atoms with van der Waals surface area (Å²) >= 11 is 0. The summed E-state index contributed by atoms with van der Waals surface area (Å²) in [6.07, 6.45) is 0. The molecule has 0 heterocycles. The van der Waals surface area contributed by atoms with Gasteiger partial charge < -0.3 is 5.32 Å². The van der Waals surface area contributed by atoms with E-state index < -0.39 is 43.8 Å². The van der Waals surface area contributed by atoms with E-state index in [1.54, 1.807) is 0 Å². The maximum atomic E-state index is 13.4. The number of carbonyl (C=O) groups is 1. The number of nitrogens with zero attached hydrogens (tertiary/aromatic N) is 2. The zero-order valence-corrected chi connectivity index (χ0v) is 11.5. The van der Waals surface area contributed by atoms with E-state index in [9.17, 15) is 27.7 Å². The maximum Gasteiger partial charge on any atom is 0.304 e. The fourth-order valence-corrected chi connectivity index (χ4v) is 2.48. The number of hydrogen-bond donors (Lipinski definition) is 1. The van der Waals surface area contributed by atoms with Crippen LogP contribution >= 0.6 is 0 Å². The van der Waals surface area contributed by atoms with Gasteiger partial charge in [-0.1, -0.05) is 0 Å². The predicted molar refractivity (Wildman–Crippen MR) is 66.9 cm³/mol. The van der Waals surface area contributed by atoms with Gasteiger partial charge in [-0.15, -0.1) is 0 Å². The van der Waals surface area contributed by atoms with Crippen LogP contribution < -0.4 is 5.32 Å². The summed E-state index contributed by atoms with van der Waals surface area (Å²) in [5, 5.41) is 12.7. The van der Waals surface area contributed by atoms with Gasteiger partial charge >= 0.3 is 5.69 Å². The average molecular weight is 305 g/mol. The van der Waals surface area contributed by atoms with Crippen LogP contribution in [0.15, 0.2) is 23.1 Å². The van der Waals surface area contributed by atoms with Crippen molar-refractivity contribution in [3.8, 4) is 0 Å². The maximum absolute atomic E-state index is 13.4. The second kappa shape index (κ2) is 5.92. The summed E-state index contributed by atoms with van der Waals surface area (Å²) in [5.41, 5.74) is -0.821. The molecule has 1 rings (SSSR count). The van der Waals surface area contributed by atoms with Gasteiger partial charge in [0.1, 0.15) is 0 Å². The summed E-state index contributed by atoms with van der Waals surface area (Å²) in [6, 6.07) is 2.22. The highest BCUT2D eigenvalue weighted by Gasteiger charge is 2.25. The molecule has 0 fully saturated rings. The minimum Gasteiger partial charge on any atom is -0.358 e. The largest absolute Gasteiger partial charge is 0.358 e. The molecule has 0 aliphatic rings. The Morgan fingerprint density at radius 1 is 1.50 bits per heavy atom. The number of sulfonamides is 1. The number of carbonyl (C=O) groups excluding carboxylic acids is 1. The van der Waals surface area contributed by atoms with E-state index in [1.165, 1.54) is 7.05 Å². The third-order valence-corrected chi connectivity index (χ3v) is 4.27. The number of hydrogen-bond acceptors (Lipinski definition) is 5. The van der Waals surface area contributed by atoms with Crippen molar-refractivity contribution < 1.29 is 22.5 Å². The highest BCUT2D eigenvalue weighted by atomic mass is 32.2. The van der Waals surface area contributed by atoms with Crippen LogP contribution in [0, 0.1) is 15.9 Å². The van der Waals surface area contributed by atoms with Crippen molar-refractivity contribution in [2.24, 2.45) is 0 Å². The van der Waals surface area contributed by atoms with E-state index in [4.69, 9.17) is 0 Å². The first kappa shape index (κ1) is 16.0. The molecule has 0 aliphatic heterocycles. The standard InChI is InChI=1S/C10H12FN3O5S/c1-12-10(15)6-13(2)20(18,19)7-3-4-9(14(16)17)8(11)5-7/h3-5H,6H2,1-2H3,(H,12,15). The van der Waals surface area contributed by atoms with Crippen molar-refractivity contribution in [2.75, 3.05) is 20.6 Å². The van der Waals surface area contributed by atoms with Crippen LogP contribution in [0.3, 0.4) is 0 Å². The minimum atomic E-state index is -4.10. The highest BCUT2D eigenvalue weighted by Crippen LogP contribution is 2.22. The summed E-state index contributed by atoms with van der Waals surface area (Å²) in [4.78, 5) is 20.2. The Hall–Kier alpha value is -2.07. The van der Waals surface area contributed by atoms with Crippen LogP contribution in [-0.4, -0.2) is 44.2 Å². The quantitative estimate of drug-likeness (QED) is 0.613. The van der Waals surface area contributed by atoms with Gasteiger partial charge in [0, 0.05) is 26.2 Å². The second-order valence-corrected chi connectivity index (χ2v) is 5.85. The molecule has 20 heavy (non-hydrogen) atoms. The smallest absolute Gasteiger partial charge is 0.304 e. The molecule has 110 valence electrons. The van der Waals surface area contributed by atoms with Crippen LogP contribution in [0.2, 0.25) is 0 Å². The average Bonchev–Trinajstić information content (AvgIpc) is 2.37. The van der Waals surface area contributed by atoms with E-state index >= 15 is 0 Å². The molecule has 0 bridgehead atoms. The van der Waals surface area contributed by atoms with Crippen LogP contribution in [0.25, 0.3) is 0 Å². The molecule has 1 aromatic carbocycles. The van der Waals surface area contributed by atoms with Crippen molar-refractivity contribution >= 4 is 21.6 Å². The van der Waals surface area contributed by atoms with Gasteiger partial charge in [0.05, 0.1) is 16.4 Å². The second-order valence-electron chi connectivity index (χ2n) is 3.80. The lowest BCUT2D eigenvalue weighted by Crippen LogP contribution is -2.36. The zero-order chi connectivity index (χ0) is 15.5. The molecule has 0 atom stereocenters. The lowest BCUT2D eigenvalue weighted by atomic mass is 10.3. The van der Waals surface area contributed by atoms with Gasteiger partial charge in [0.15, 0.2) is 0 Å². The van der Waals surface area contributed by atoms with Crippen LogP contribution in [0.4, 0.5) is 10.1 Å². The third kappa shape index (κ3) is 3.27. The van der Waals surface area contributed by atoms with E-state index in [1.807, 2.05) is 0 Å². The molecule has 8 nitrogen and oxygen atoms in total. The number of nitro groups is 1. The Morgan fingerprint density at radius 3 is 2.55 bits per heavy atom. The fourth-order valence-electron chi connectivity index (χ4n) is 1.34. The first-order chi connectivity index (χ1) is 9.20. The molecule has 0 saturated carbocycles. The number of nitrogens with one attached hydrogen (secondary N) is 1.